The third-order valence-corrected chi connectivity index (χ3v) is 6.31. The monoisotopic (exact) mass is 397 g/mol. The molecule has 27 heavy (non-hydrogen) atoms. The maximum absolute atomic E-state index is 13.8. The largest absolute Gasteiger partial charge is 0.296 e. The first-order valence-corrected chi connectivity index (χ1v) is 9.62. The van der Waals surface area contributed by atoms with Crippen LogP contribution in [-0.2, 0) is 16.6 Å². The maximum Gasteiger partial charge on any atom is 0.269 e. The molecule has 0 aromatic heterocycles. The van der Waals surface area contributed by atoms with Crippen LogP contribution >= 0.6 is 0 Å². The quantitative estimate of drug-likeness (QED) is 0.571. The Balaban J connectivity index is 1.64. The van der Waals surface area contributed by atoms with Crippen LogP contribution in [-0.4, -0.2) is 48.7 Å². The van der Waals surface area contributed by atoms with Gasteiger partial charge in [-0.15, -0.1) is 0 Å². The van der Waals surface area contributed by atoms with Gasteiger partial charge in [-0.25, -0.2) is 17.2 Å². The molecule has 10 heteroatoms. The van der Waals surface area contributed by atoms with Gasteiger partial charge in [-0.2, -0.15) is 4.31 Å². The van der Waals surface area contributed by atoms with Crippen LogP contribution < -0.4 is 0 Å². The van der Waals surface area contributed by atoms with E-state index in [-0.39, 0.29) is 18.8 Å². The van der Waals surface area contributed by atoms with Gasteiger partial charge in [-0.3, -0.25) is 15.0 Å². The molecule has 0 unspecified atom stereocenters. The maximum atomic E-state index is 13.8. The topological polar surface area (TPSA) is 83.8 Å². The van der Waals surface area contributed by atoms with Gasteiger partial charge < -0.3 is 0 Å². The minimum Gasteiger partial charge on any atom is -0.296 e. The number of rotatable bonds is 5. The zero-order valence-corrected chi connectivity index (χ0v) is 15.0. The number of hydrogen-bond donors (Lipinski definition) is 0. The first kappa shape index (κ1) is 19.3. The second-order valence-corrected chi connectivity index (χ2v) is 8.08. The van der Waals surface area contributed by atoms with Crippen molar-refractivity contribution in [2.75, 3.05) is 26.2 Å². The second kappa shape index (κ2) is 7.67. The Kier molecular flexibility index (Phi) is 5.49. The molecule has 0 aliphatic carbocycles. The standard InChI is InChI=1S/C17H17F2N3O4S/c18-14-3-6-16(19)17(11-14)27(25,26)21-9-7-20(8-10-21)12-13-1-4-15(5-2-13)22(23)24/h1-6,11H,7-10,12H2. The molecule has 1 saturated heterocycles. The second-order valence-electron chi connectivity index (χ2n) is 6.18. The van der Waals surface area contributed by atoms with Crippen molar-refractivity contribution in [3.63, 3.8) is 0 Å². The van der Waals surface area contributed by atoms with Crippen LogP contribution in [0.2, 0.25) is 0 Å². The summed E-state index contributed by atoms with van der Waals surface area (Å²) < 4.78 is 53.4. The van der Waals surface area contributed by atoms with E-state index in [2.05, 4.69) is 0 Å². The Morgan fingerprint density at radius 3 is 2.22 bits per heavy atom. The molecule has 0 bridgehead atoms. The molecule has 1 aliphatic rings. The highest BCUT2D eigenvalue weighted by atomic mass is 32.2. The van der Waals surface area contributed by atoms with E-state index in [1.54, 1.807) is 12.1 Å². The number of benzene rings is 2. The molecule has 0 amide bonds. The van der Waals surface area contributed by atoms with Crippen LogP contribution in [0.25, 0.3) is 0 Å². The molecule has 1 heterocycles. The summed E-state index contributed by atoms with van der Waals surface area (Å²) in [4.78, 5) is 11.5. The molecular formula is C17H17F2N3O4S. The number of halogens is 2. The smallest absolute Gasteiger partial charge is 0.269 e. The highest BCUT2D eigenvalue weighted by Crippen LogP contribution is 2.22. The summed E-state index contributed by atoms with van der Waals surface area (Å²) in [5, 5.41) is 10.7. The van der Waals surface area contributed by atoms with Crippen LogP contribution in [0.5, 0.6) is 0 Å². The highest BCUT2D eigenvalue weighted by Gasteiger charge is 2.31. The number of piperazine rings is 1. The third kappa shape index (κ3) is 4.29. The lowest BCUT2D eigenvalue weighted by Gasteiger charge is -2.34. The molecule has 2 aromatic rings. The van der Waals surface area contributed by atoms with Gasteiger partial charge in [0.05, 0.1) is 4.92 Å². The van der Waals surface area contributed by atoms with E-state index in [1.165, 1.54) is 12.1 Å². The SMILES string of the molecule is O=[N+]([O-])c1ccc(CN2CCN(S(=O)(=O)c3cc(F)ccc3F)CC2)cc1. The molecule has 0 radical (unpaired) electrons. The van der Waals surface area contributed by atoms with Gasteiger partial charge in [0.25, 0.3) is 5.69 Å². The van der Waals surface area contributed by atoms with Gasteiger partial charge in [0.2, 0.25) is 10.0 Å². The van der Waals surface area contributed by atoms with E-state index in [0.717, 1.165) is 22.0 Å². The molecule has 0 saturated carbocycles. The normalized spacial score (nSPS) is 16.4. The van der Waals surface area contributed by atoms with E-state index in [0.29, 0.717) is 25.7 Å². The average molecular weight is 397 g/mol. The van der Waals surface area contributed by atoms with E-state index in [1.807, 2.05) is 4.90 Å². The van der Waals surface area contributed by atoms with Crippen LogP contribution in [0.15, 0.2) is 47.4 Å². The third-order valence-electron chi connectivity index (χ3n) is 4.40. The Labute approximate surface area is 155 Å². The predicted octanol–water partition coefficient (Wildman–Crippen LogP) is 2.38. The van der Waals surface area contributed by atoms with E-state index in [4.69, 9.17) is 0 Å². The van der Waals surface area contributed by atoms with E-state index >= 15 is 0 Å². The minimum atomic E-state index is -4.11. The van der Waals surface area contributed by atoms with Crippen molar-refractivity contribution >= 4 is 15.7 Å². The number of nitro benzene ring substituents is 1. The average Bonchev–Trinajstić information content (AvgIpc) is 2.64. The molecular weight excluding hydrogens is 380 g/mol. The van der Waals surface area contributed by atoms with Crippen LogP contribution in [0, 0.1) is 21.7 Å². The zero-order chi connectivity index (χ0) is 19.6. The number of hydrogen-bond acceptors (Lipinski definition) is 5. The molecule has 1 fully saturated rings. The van der Waals surface area contributed by atoms with Gasteiger partial charge in [0, 0.05) is 44.9 Å². The minimum absolute atomic E-state index is 0.00628. The lowest BCUT2D eigenvalue weighted by atomic mass is 10.2. The fourth-order valence-electron chi connectivity index (χ4n) is 2.92. The summed E-state index contributed by atoms with van der Waals surface area (Å²) >= 11 is 0. The lowest BCUT2D eigenvalue weighted by Crippen LogP contribution is -2.48. The Morgan fingerprint density at radius 1 is 1.00 bits per heavy atom. The predicted molar refractivity (Wildman–Crippen MR) is 93.5 cm³/mol. The summed E-state index contributed by atoms with van der Waals surface area (Å²) in [5.41, 5.74) is 0.875. The van der Waals surface area contributed by atoms with Crippen molar-refractivity contribution in [2.45, 2.75) is 11.4 Å². The fourth-order valence-corrected chi connectivity index (χ4v) is 4.42. The first-order chi connectivity index (χ1) is 12.8. The van der Waals surface area contributed by atoms with E-state index < -0.39 is 31.5 Å². The summed E-state index contributed by atoms with van der Waals surface area (Å²) in [7, 11) is -4.11. The number of nitro groups is 1. The number of sulfonamides is 1. The van der Waals surface area contributed by atoms with Gasteiger partial charge in [-0.1, -0.05) is 12.1 Å². The molecule has 0 N–H and O–H groups in total. The molecule has 3 rings (SSSR count). The Bertz CT molecular complexity index is 943. The van der Waals surface area contributed by atoms with Crippen molar-refractivity contribution in [2.24, 2.45) is 0 Å². The summed E-state index contributed by atoms with van der Waals surface area (Å²) in [5.74, 6) is -1.79. The van der Waals surface area contributed by atoms with E-state index in [9.17, 15) is 27.3 Å². The van der Waals surface area contributed by atoms with Gasteiger partial charge >= 0.3 is 0 Å². The zero-order valence-electron chi connectivity index (χ0n) is 14.2. The van der Waals surface area contributed by atoms with Gasteiger partial charge in [0.15, 0.2) is 0 Å². The van der Waals surface area contributed by atoms with Gasteiger partial charge in [0.1, 0.15) is 16.5 Å². The molecule has 7 nitrogen and oxygen atoms in total. The van der Waals surface area contributed by atoms with Crippen molar-refractivity contribution in [3.05, 3.63) is 69.8 Å². The Hall–Kier alpha value is -2.43. The van der Waals surface area contributed by atoms with Crippen molar-refractivity contribution in [1.82, 2.24) is 9.21 Å². The molecule has 144 valence electrons. The van der Waals surface area contributed by atoms with Crippen LogP contribution in [0.4, 0.5) is 14.5 Å². The van der Waals surface area contributed by atoms with Crippen LogP contribution in [0.3, 0.4) is 0 Å². The molecule has 1 aliphatic heterocycles. The van der Waals surface area contributed by atoms with Crippen LogP contribution in [0.1, 0.15) is 5.56 Å². The Morgan fingerprint density at radius 2 is 1.63 bits per heavy atom. The first-order valence-electron chi connectivity index (χ1n) is 8.18. The van der Waals surface area contributed by atoms with Crippen molar-refractivity contribution in [3.8, 4) is 0 Å². The summed E-state index contributed by atoms with van der Waals surface area (Å²) in [6, 6.07) is 8.51. The number of non-ortho nitro benzene ring substituents is 1. The lowest BCUT2D eigenvalue weighted by molar-refractivity contribution is -0.384. The van der Waals surface area contributed by atoms with Gasteiger partial charge in [-0.05, 0) is 23.8 Å². The van der Waals surface area contributed by atoms with Crippen molar-refractivity contribution < 1.29 is 22.1 Å². The summed E-state index contributed by atoms with van der Waals surface area (Å²) in [6.45, 7) is 1.62. The summed E-state index contributed by atoms with van der Waals surface area (Å²) in [6.07, 6.45) is 0. The number of nitrogens with zero attached hydrogens (tertiary/aromatic N) is 3. The fraction of sp³-hybridized carbons (Fsp3) is 0.294. The molecule has 0 spiro atoms. The van der Waals surface area contributed by atoms with Crippen molar-refractivity contribution in [1.29, 1.82) is 0 Å². The molecule has 2 aromatic carbocycles. The highest BCUT2D eigenvalue weighted by molar-refractivity contribution is 7.89. The molecule has 0 atom stereocenters.